The normalized spacial score (nSPS) is 11.0. The fraction of sp³-hybridized carbons (Fsp3) is 0.214. The van der Waals surface area contributed by atoms with Crippen LogP contribution in [0.4, 0.5) is 4.39 Å². The lowest BCUT2D eigenvalue weighted by Crippen LogP contribution is -2.39. The van der Waals surface area contributed by atoms with Crippen molar-refractivity contribution in [1.29, 1.82) is 0 Å². The Morgan fingerprint density at radius 2 is 2.08 bits per heavy atom. The first kappa shape index (κ1) is 17.6. The molecule has 1 aromatic carbocycles. The van der Waals surface area contributed by atoms with Gasteiger partial charge in [0.05, 0.1) is 12.0 Å². The third-order valence-electron chi connectivity index (χ3n) is 2.93. The Kier molecular flexibility index (Phi) is 5.64. The summed E-state index contributed by atoms with van der Waals surface area (Å²) < 4.78 is 15.3. The minimum atomic E-state index is -0.578. The number of aryl methyl sites for hydroxylation is 1. The van der Waals surface area contributed by atoms with E-state index in [-0.39, 0.29) is 16.3 Å². The Morgan fingerprint density at radius 3 is 2.79 bits per heavy atom. The monoisotopic (exact) mass is 351 g/mol. The van der Waals surface area contributed by atoms with Crippen LogP contribution in [0.5, 0.6) is 0 Å². The molecule has 0 radical (unpaired) electrons. The average molecular weight is 351 g/mol. The summed E-state index contributed by atoms with van der Waals surface area (Å²) in [6, 6.07) is 5.98. The quantitative estimate of drug-likeness (QED) is 0.459. The molecule has 1 aromatic heterocycles. The molecule has 0 bridgehead atoms. The number of carbonyl (C=O) groups is 1. The number of amides is 1. The smallest absolute Gasteiger partial charge is 0.272 e. The number of aromatic nitrogens is 3. The number of benzene rings is 1. The van der Waals surface area contributed by atoms with Gasteiger partial charge in [0.15, 0.2) is 5.03 Å². The predicted octanol–water partition coefficient (Wildman–Crippen LogP) is -0.139. The summed E-state index contributed by atoms with van der Waals surface area (Å²) in [7, 11) is 2.74. The molecule has 126 valence electrons. The number of nitrogens with zero attached hydrogens (tertiary/aromatic N) is 4. The van der Waals surface area contributed by atoms with Gasteiger partial charge in [-0.2, -0.15) is 10.2 Å². The van der Waals surface area contributed by atoms with E-state index >= 15 is 0 Å². The number of rotatable bonds is 5. The second-order valence-corrected chi connectivity index (χ2v) is 5.64. The second kappa shape index (κ2) is 7.68. The lowest BCUT2D eigenvalue weighted by molar-refractivity contribution is -0.118. The number of hydrogen-bond donors (Lipinski definition) is 1. The van der Waals surface area contributed by atoms with Gasteiger partial charge in [-0.05, 0) is 6.07 Å². The lowest BCUT2D eigenvalue weighted by atomic mass is 10.2. The molecule has 0 spiro atoms. The molecule has 0 fully saturated rings. The van der Waals surface area contributed by atoms with E-state index < -0.39 is 23.0 Å². The highest BCUT2D eigenvalue weighted by Crippen LogP contribution is 2.08. The molecule has 0 saturated carbocycles. The topological polar surface area (TPSA) is 98.3 Å². The number of nitrogens with one attached hydrogen (secondary N) is 1. The number of halogens is 1. The molecular weight excluding hydrogens is 337 g/mol. The molecule has 0 saturated heterocycles. The number of thioether (sulfide) groups is 1. The summed E-state index contributed by atoms with van der Waals surface area (Å²) in [5.41, 5.74) is 1.33. The minimum absolute atomic E-state index is 0.0211. The van der Waals surface area contributed by atoms with Gasteiger partial charge in [-0.1, -0.05) is 30.0 Å². The highest BCUT2D eigenvalue weighted by atomic mass is 32.2. The molecule has 8 nitrogen and oxygen atoms in total. The van der Waals surface area contributed by atoms with Gasteiger partial charge in [-0.3, -0.25) is 14.2 Å². The molecule has 2 rings (SSSR count). The first-order valence-corrected chi connectivity index (χ1v) is 7.72. The summed E-state index contributed by atoms with van der Waals surface area (Å²) in [5, 5.41) is 7.48. The predicted molar refractivity (Wildman–Crippen MR) is 87.6 cm³/mol. The molecule has 0 unspecified atom stereocenters. The summed E-state index contributed by atoms with van der Waals surface area (Å²) in [4.78, 5) is 35.1. The SMILES string of the molecule is Cn1nc(SCC(=O)N/N=C\c2ccccc2F)c(=O)n(C)c1=O. The van der Waals surface area contributed by atoms with Gasteiger partial charge in [-0.15, -0.1) is 0 Å². The van der Waals surface area contributed by atoms with Crippen molar-refractivity contribution >= 4 is 23.9 Å². The highest BCUT2D eigenvalue weighted by Gasteiger charge is 2.11. The highest BCUT2D eigenvalue weighted by molar-refractivity contribution is 7.99. The molecule has 1 heterocycles. The Balaban J connectivity index is 1.96. The zero-order valence-corrected chi connectivity index (χ0v) is 13.7. The van der Waals surface area contributed by atoms with E-state index in [2.05, 4.69) is 15.6 Å². The van der Waals surface area contributed by atoms with Gasteiger partial charge in [0.1, 0.15) is 5.82 Å². The fourth-order valence-corrected chi connectivity index (χ4v) is 2.45. The molecule has 24 heavy (non-hydrogen) atoms. The summed E-state index contributed by atoms with van der Waals surface area (Å²) in [6.45, 7) is 0. The van der Waals surface area contributed by atoms with E-state index in [4.69, 9.17) is 0 Å². The largest absolute Gasteiger partial charge is 0.346 e. The Labute approximate surface area is 140 Å². The van der Waals surface area contributed by atoms with Crippen molar-refractivity contribution < 1.29 is 9.18 Å². The van der Waals surface area contributed by atoms with Gasteiger partial charge >= 0.3 is 5.69 Å². The van der Waals surface area contributed by atoms with E-state index in [9.17, 15) is 18.8 Å². The molecule has 1 N–H and O–H groups in total. The molecule has 0 atom stereocenters. The van der Waals surface area contributed by atoms with Gasteiger partial charge in [-0.25, -0.2) is 19.3 Å². The van der Waals surface area contributed by atoms with Crippen LogP contribution in [0.1, 0.15) is 5.56 Å². The van der Waals surface area contributed by atoms with Crippen molar-refractivity contribution in [3.8, 4) is 0 Å². The van der Waals surface area contributed by atoms with Crippen molar-refractivity contribution in [1.82, 2.24) is 19.8 Å². The van der Waals surface area contributed by atoms with Gasteiger partial charge < -0.3 is 0 Å². The van der Waals surface area contributed by atoms with E-state index in [1.165, 1.54) is 32.4 Å². The maximum atomic E-state index is 13.4. The second-order valence-electron chi connectivity index (χ2n) is 4.68. The number of hydrazone groups is 1. The van der Waals surface area contributed by atoms with E-state index in [0.29, 0.717) is 0 Å². The Hall–Kier alpha value is -2.75. The van der Waals surface area contributed by atoms with E-state index in [1.807, 2.05) is 0 Å². The summed E-state index contributed by atoms with van der Waals surface area (Å²) in [5.74, 6) is -1.08. The van der Waals surface area contributed by atoms with Crippen LogP contribution in [0.3, 0.4) is 0 Å². The van der Waals surface area contributed by atoms with Crippen LogP contribution < -0.4 is 16.7 Å². The van der Waals surface area contributed by atoms with Crippen LogP contribution in [0.15, 0.2) is 44.0 Å². The molecule has 0 aliphatic rings. The molecule has 2 aromatic rings. The van der Waals surface area contributed by atoms with E-state index in [1.54, 1.807) is 12.1 Å². The molecular formula is C14H14FN5O3S. The lowest BCUT2D eigenvalue weighted by Gasteiger charge is -2.04. The maximum Gasteiger partial charge on any atom is 0.346 e. The third-order valence-corrected chi connectivity index (χ3v) is 3.87. The minimum Gasteiger partial charge on any atom is -0.272 e. The van der Waals surface area contributed by atoms with Crippen molar-refractivity contribution in [2.45, 2.75) is 5.03 Å². The fourth-order valence-electron chi connectivity index (χ4n) is 1.68. The molecule has 1 amide bonds. The summed E-state index contributed by atoms with van der Waals surface area (Å²) in [6.07, 6.45) is 1.18. The van der Waals surface area contributed by atoms with Crippen LogP contribution in [0.2, 0.25) is 0 Å². The summed E-state index contributed by atoms with van der Waals surface area (Å²) >= 11 is 0.877. The van der Waals surface area contributed by atoms with Gasteiger partial charge in [0.2, 0.25) is 5.91 Å². The zero-order chi connectivity index (χ0) is 17.7. The Bertz CT molecular complexity index is 906. The van der Waals surface area contributed by atoms with Crippen molar-refractivity contribution in [2.24, 2.45) is 19.2 Å². The van der Waals surface area contributed by atoms with Crippen LogP contribution in [0, 0.1) is 5.82 Å². The van der Waals surface area contributed by atoms with Crippen LogP contribution >= 0.6 is 11.8 Å². The molecule has 10 heteroatoms. The number of carbonyl (C=O) groups excluding carboxylic acids is 1. The maximum absolute atomic E-state index is 13.4. The third kappa shape index (κ3) is 4.16. The van der Waals surface area contributed by atoms with Crippen LogP contribution in [-0.2, 0) is 18.9 Å². The molecule has 0 aliphatic carbocycles. The standard InChI is InChI=1S/C14H14FN5O3S/c1-19-13(22)12(18-20(2)14(19)23)24-8-11(21)17-16-7-9-5-3-4-6-10(9)15/h3-7H,8H2,1-2H3,(H,17,21)/b16-7-. The van der Waals surface area contributed by atoms with Crippen molar-refractivity contribution in [3.63, 3.8) is 0 Å². The van der Waals surface area contributed by atoms with Gasteiger partial charge in [0.25, 0.3) is 5.56 Å². The van der Waals surface area contributed by atoms with E-state index in [0.717, 1.165) is 21.0 Å². The van der Waals surface area contributed by atoms with Crippen LogP contribution in [0.25, 0.3) is 0 Å². The average Bonchev–Trinajstić information content (AvgIpc) is 2.57. The van der Waals surface area contributed by atoms with Crippen LogP contribution in [-0.4, -0.2) is 32.2 Å². The van der Waals surface area contributed by atoms with Gasteiger partial charge in [0, 0.05) is 19.7 Å². The first-order chi connectivity index (χ1) is 11.4. The Morgan fingerprint density at radius 1 is 1.38 bits per heavy atom. The first-order valence-electron chi connectivity index (χ1n) is 6.73. The van der Waals surface area contributed by atoms with Crippen molar-refractivity contribution in [2.75, 3.05) is 5.75 Å². The number of hydrogen-bond acceptors (Lipinski definition) is 6. The zero-order valence-electron chi connectivity index (χ0n) is 12.9. The van der Waals surface area contributed by atoms with Crippen molar-refractivity contribution in [3.05, 3.63) is 56.5 Å². The molecule has 0 aliphatic heterocycles.